The number of para-hydroxylation sites is 1. The summed E-state index contributed by atoms with van der Waals surface area (Å²) in [5.41, 5.74) is 0.821. The van der Waals surface area contributed by atoms with E-state index in [0.29, 0.717) is 5.56 Å². The van der Waals surface area contributed by atoms with E-state index < -0.39 is 35.0 Å². The summed E-state index contributed by atoms with van der Waals surface area (Å²) in [4.78, 5) is 37.1. The van der Waals surface area contributed by atoms with Crippen molar-refractivity contribution in [3.63, 3.8) is 0 Å². The number of hydrogen-bond acceptors (Lipinski definition) is 6. The van der Waals surface area contributed by atoms with Gasteiger partial charge in [0.05, 0.1) is 28.7 Å². The average molecular weight is 382 g/mol. The van der Waals surface area contributed by atoms with Crippen molar-refractivity contribution in [2.24, 2.45) is 0 Å². The van der Waals surface area contributed by atoms with Crippen LogP contribution in [0.25, 0.3) is 5.76 Å². The van der Waals surface area contributed by atoms with Gasteiger partial charge in [-0.3, -0.25) is 19.7 Å². The van der Waals surface area contributed by atoms with Gasteiger partial charge in [0.2, 0.25) is 0 Å². The number of carbonyl (C=O) groups excluding carboxylic acids is 2. The van der Waals surface area contributed by atoms with Crippen LogP contribution < -0.4 is 0 Å². The first-order chi connectivity index (χ1) is 13.4. The third-order valence-electron chi connectivity index (χ3n) is 4.63. The second-order valence-corrected chi connectivity index (χ2v) is 6.40. The van der Waals surface area contributed by atoms with Crippen molar-refractivity contribution in [1.82, 2.24) is 4.90 Å². The molecule has 144 valence electrons. The molecule has 2 N–H and O–H groups in total. The van der Waals surface area contributed by atoms with Crippen LogP contribution in [0.15, 0.2) is 54.1 Å². The van der Waals surface area contributed by atoms with Gasteiger partial charge in [-0.05, 0) is 13.0 Å². The number of benzene rings is 2. The molecule has 8 nitrogen and oxygen atoms in total. The van der Waals surface area contributed by atoms with E-state index in [1.165, 1.54) is 18.2 Å². The number of likely N-dealkylation sites (tertiary alicyclic amines) is 1. The molecule has 1 atom stereocenters. The SMILES string of the molecule is Cc1ccc(/C(O)=C2/C(=O)C(=O)N(CCO)C2c2ccccc2[N+](=O)[O-])cc1. The number of carbonyl (C=O) groups is 2. The molecule has 1 amide bonds. The van der Waals surface area contributed by atoms with Gasteiger partial charge in [-0.1, -0.05) is 42.0 Å². The van der Waals surface area contributed by atoms with Crippen LogP contribution in [-0.2, 0) is 9.59 Å². The number of Topliss-reactive ketones (excluding diaryl/α,β-unsaturated/α-hetero) is 1. The highest BCUT2D eigenvalue weighted by atomic mass is 16.6. The summed E-state index contributed by atoms with van der Waals surface area (Å²) < 4.78 is 0. The normalized spacial score (nSPS) is 18.5. The number of hydrogen-bond donors (Lipinski definition) is 2. The summed E-state index contributed by atoms with van der Waals surface area (Å²) in [6, 6.07) is 11.2. The highest BCUT2D eigenvalue weighted by Crippen LogP contribution is 2.42. The van der Waals surface area contributed by atoms with Crippen molar-refractivity contribution in [2.75, 3.05) is 13.2 Å². The maximum Gasteiger partial charge on any atom is 0.295 e. The molecule has 1 saturated heterocycles. The topological polar surface area (TPSA) is 121 Å². The van der Waals surface area contributed by atoms with Crippen molar-refractivity contribution >= 4 is 23.1 Å². The molecular formula is C20H18N2O6. The van der Waals surface area contributed by atoms with E-state index in [-0.39, 0.29) is 23.4 Å². The first-order valence-corrected chi connectivity index (χ1v) is 8.56. The zero-order chi connectivity index (χ0) is 20.4. The molecule has 1 aliphatic rings. The van der Waals surface area contributed by atoms with Crippen LogP contribution >= 0.6 is 0 Å². The number of β-amino-alcohol motifs (C(OH)–C–C–N with tert-alkyl or cyclic N) is 1. The minimum absolute atomic E-state index is 0.0915. The lowest BCUT2D eigenvalue weighted by Crippen LogP contribution is -2.32. The fraction of sp³-hybridized carbons (Fsp3) is 0.200. The predicted molar refractivity (Wildman–Crippen MR) is 100 cm³/mol. The number of aliphatic hydroxyl groups is 2. The number of nitro groups is 1. The number of nitro benzene ring substituents is 1. The Labute approximate surface area is 160 Å². The average Bonchev–Trinajstić information content (AvgIpc) is 2.93. The fourth-order valence-corrected chi connectivity index (χ4v) is 3.29. The molecule has 0 bridgehead atoms. The van der Waals surface area contributed by atoms with Crippen molar-refractivity contribution < 1.29 is 24.7 Å². The van der Waals surface area contributed by atoms with Crippen LogP contribution in [0.1, 0.15) is 22.7 Å². The number of ketones is 1. The van der Waals surface area contributed by atoms with Gasteiger partial charge in [0.25, 0.3) is 17.4 Å². The highest BCUT2D eigenvalue weighted by Gasteiger charge is 2.47. The molecule has 2 aromatic rings. The van der Waals surface area contributed by atoms with E-state index in [2.05, 4.69) is 0 Å². The lowest BCUT2D eigenvalue weighted by atomic mass is 9.94. The first-order valence-electron chi connectivity index (χ1n) is 8.56. The second kappa shape index (κ2) is 7.61. The van der Waals surface area contributed by atoms with Crippen molar-refractivity contribution in [3.8, 4) is 0 Å². The van der Waals surface area contributed by atoms with Gasteiger partial charge in [-0.25, -0.2) is 0 Å². The van der Waals surface area contributed by atoms with E-state index in [1.54, 1.807) is 30.3 Å². The number of aliphatic hydroxyl groups excluding tert-OH is 2. The van der Waals surface area contributed by atoms with Crippen LogP contribution in [0.4, 0.5) is 5.69 Å². The van der Waals surface area contributed by atoms with Crippen LogP contribution in [0.5, 0.6) is 0 Å². The first kappa shape index (κ1) is 19.2. The molecule has 0 aromatic heterocycles. The summed E-state index contributed by atoms with van der Waals surface area (Å²) in [5.74, 6) is -2.29. The smallest absolute Gasteiger partial charge is 0.295 e. The maximum atomic E-state index is 12.7. The molecule has 0 saturated carbocycles. The highest BCUT2D eigenvalue weighted by molar-refractivity contribution is 6.46. The third-order valence-corrected chi connectivity index (χ3v) is 4.63. The Bertz CT molecular complexity index is 980. The van der Waals surface area contributed by atoms with Crippen molar-refractivity contribution in [3.05, 3.63) is 80.9 Å². The van der Waals surface area contributed by atoms with Gasteiger partial charge >= 0.3 is 0 Å². The Morgan fingerprint density at radius 2 is 1.79 bits per heavy atom. The van der Waals surface area contributed by atoms with Crippen molar-refractivity contribution in [2.45, 2.75) is 13.0 Å². The number of nitrogens with zero attached hydrogens (tertiary/aromatic N) is 2. The summed E-state index contributed by atoms with van der Waals surface area (Å²) in [6.45, 7) is 1.22. The van der Waals surface area contributed by atoms with Crippen molar-refractivity contribution in [1.29, 1.82) is 0 Å². The van der Waals surface area contributed by atoms with Gasteiger partial charge in [-0.2, -0.15) is 0 Å². The molecule has 1 heterocycles. The van der Waals surface area contributed by atoms with Crippen LogP contribution in [0.2, 0.25) is 0 Å². The molecule has 2 aromatic carbocycles. The molecule has 1 fully saturated rings. The second-order valence-electron chi connectivity index (χ2n) is 6.40. The van der Waals surface area contributed by atoms with Crippen LogP contribution in [0.3, 0.4) is 0 Å². The fourth-order valence-electron chi connectivity index (χ4n) is 3.29. The molecule has 1 aliphatic heterocycles. The van der Waals surface area contributed by atoms with E-state index in [1.807, 2.05) is 6.92 Å². The third kappa shape index (κ3) is 3.25. The molecule has 8 heteroatoms. The van der Waals surface area contributed by atoms with Crippen LogP contribution in [0, 0.1) is 17.0 Å². The lowest BCUT2D eigenvalue weighted by molar-refractivity contribution is -0.385. The van der Waals surface area contributed by atoms with E-state index in [9.17, 15) is 29.9 Å². The van der Waals surface area contributed by atoms with Gasteiger partial charge in [-0.15, -0.1) is 0 Å². The summed E-state index contributed by atoms with van der Waals surface area (Å²) in [6.07, 6.45) is 0. The number of amides is 1. The summed E-state index contributed by atoms with van der Waals surface area (Å²) in [7, 11) is 0. The largest absolute Gasteiger partial charge is 0.507 e. The van der Waals surface area contributed by atoms with Crippen LogP contribution in [-0.4, -0.2) is 44.9 Å². The van der Waals surface area contributed by atoms with E-state index >= 15 is 0 Å². The quantitative estimate of drug-likeness (QED) is 0.269. The van der Waals surface area contributed by atoms with Gasteiger partial charge in [0, 0.05) is 18.2 Å². The monoisotopic (exact) mass is 382 g/mol. The Morgan fingerprint density at radius 1 is 1.14 bits per heavy atom. The molecule has 1 unspecified atom stereocenters. The Balaban J connectivity index is 2.26. The minimum atomic E-state index is -1.17. The Kier molecular flexibility index (Phi) is 5.23. The van der Waals surface area contributed by atoms with E-state index in [4.69, 9.17) is 0 Å². The van der Waals surface area contributed by atoms with Gasteiger partial charge in [0.15, 0.2) is 0 Å². The standard InChI is InChI=1S/C20H18N2O6/c1-12-6-8-13(9-7-12)18(24)16-17(21(10-11-23)20(26)19(16)25)14-4-2-3-5-15(14)22(27)28/h2-9,17,23-24H,10-11H2,1H3/b18-16-. The Hall–Kier alpha value is -3.52. The minimum Gasteiger partial charge on any atom is -0.507 e. The number of aryl methyl sites for hydroxylation is 1. The summed E-state index contributed by atoms with van der Waals surface area (Å²) >= 11 is 0. The molecular weight excluding hydrogens is 364 g/mol. The molecule has 0 aliphatic carbocycles. The van der Waals surface area contributed by atoms with E-state index in [0.717, 1.165) is 10.5 Å². The summed E-state index contributed by atoms with van der Waals surface area (Å²) in [5, 5.41) is 31.6. The van der Waals surface area contributed by atoms with Gasteiger partial charge in [0.1, 0.15) is 5.76 Å². The zero-order valence-electron chi connectivity index (χ0n) is 15.0. The lowest BCUT2D eigenvalue weighted by Gasteiger charge is -2.24. The molecule has 0 radical (unpaired) electrons. The Morgan fingerprint density at radius 3 is 2.39 bits per heavy atom. The van der Waals surface area contributed by atoms with Gasteiger partial charge < -0.3 is 15.1 Å². The molecule has 0 spiro atoms. The molecule has 28 heavy (non-hydrogen) atoms. The maximum absolute atomic E-state index is 12.7. The predicted octanol–water partition coefficient (Wildman–Crippen LogP) is 2.32. The number of rotatable bonds is 5. The zero-order valence-corrected chi connectivity index (χ0v) is 15.0. The molecule has 3 rings (SSSR count).